The number of rotatable bonds is 4. The molecule has 8 heteroatoms. The molecular weight excluding hydrogens is 331 g/mol. The second kappa shape index (κ2) is 6.54. The molecule has 2 heterocycles. The average Bonchev–Trinajstić information content (AvgIpc) is 2.55. The molecule has 0 aliphatic carbocycles. The molecule has 1 atom stereocenters. The smallest absolute Gasteiger partial charge is 0.266 e. The van der Waals surface area contributed by atoms with Crippen molar-refractivity contribution in [1.29, 1.82) is 0 Å². The Hall–Kier alpha value is -2.90. The van der Waals surface area contributed by atoms with Crippen LogP contribution in [0.5, 0.6) is 0 Å². The molecule has 0 amide bonds. The maximum Gasteiger partial charge on any atom is 0.266 e. The van der Waals surface area contributed by atoms with Gasteiger partial charge in [-0.1, -0.05) is 18.2 Å². The lowest BCUT2D eigenvalue weighted by molar-refractivity contribution is 0.146. The van der Waals surface area contributed by atoms with Crippen LogP contribution in [-0.4, -0.2) is 15.0 Å². The Bertz CT molecular complexity index is 930. The van der Waals surface area contributed by atoms with E-state index in [1.807, 2.05) is 0 Å². The molecule has 0 saturated carbocycles. The molecule has 0 fully saturated rings. The third kappa shape index (κ3) is 3.33. The van der Waals surface area contributed by atoms with E-state index in [4.69, 9.17) is 5.73 Å². The first-order chi connectivity index (χ1) is 11.9. The van der Waals surface area contributed by atoms with Gasteiger partial charge in [0.1, 0.15) is 17.5 Å². The minimum atomic E-state index is -2.88. The number of aromatic nitrogens is 3. The summed E-state index contributed by atoms with van der Waals surface area (Å²) in [6.45, 7) is 3.36. The van der Waals surface area contributed by atoms with Crippen LogP contribution in [0.2, 0.25) is 0 Å². The van der Waals surface area contributed by atoms with E-state index in [1.165, 1.54) is 18.3 Å². The fourth-order valence-corrected chi connectivity index (χ4v) is 2.60. The van der Waals surface area contributed by atoms with Gasteiger partial charge in [-0.2, -0.15) is 0 Å². The number of nitrogen functional groups attached to an aromatic ring is 1. The van der Waals surface area contributed by atoms with Crippen LogP contribution in [0.25, 0.3) is 11.0 Å². The second-order valence-electron chi connectivity index (χ2n) is 5.68. The van der Waals surface area contributed by atoms with Gasteiger partial charge in [-0.15, -0.1) is 0 Å². The number of hydrogen-bond acceptors (Lipinski definition) is 5. The minimum Gasteiger partial charge on any atom is -0.397 e. The van der Waals surface area contributed by atoms with Crippen molar-refractivity contribution in [2.75, 3.05) is 11.1 Å². The summed E-state index contributed by atoms with van der Waals surface area (Å²) in [7, 11) is 0. The average molecular weight is 347 g/mol. The molecule has 25 heavy (non-hydrogen) atoms. The molecule has 0 aliphatic rings. The van der Waals surface area contributed by atoms with Gasteiger partial charge in [0, 0.05) is 5.56 Å². The summed E-state index contributed by atoms with van der Waals surface area (Å²) in [5.41, 5.74) is 6.14. The van der Waals surface area contributed by atoms with E-state index in [-0.39, 0.29) is 5.56 Å². The first kappa shape index (κ1) is 16.9. The monoisotopic (exact) mass is 347 g/mol. The van der Waals surface area contributed by atoms with Gasteiger partial charge in [0.05, 0.1) is 28.9 Å². The van der Waals surface area contributed by atoms with Crippen LogP contribution in [0.3, 0.4) is 0 Å². The summed E-state index contributed by atoms with van der Waals surface area (Å²) in [6, 6.07) is 4.99. The SMILES string of the molecule is Cc1nc(N[C@H](C)c2cccc(C(F)F)c2F)c2cc(N)cnc2n1. The van der Waals surface area contributed by atoms with Crippen molar-refractivity contribution in [2.45, 2.75) is 26.3 Å². The fourth-order valence-electron chi connectivity index (χ4n) is 2.60. The largest absolute Gasteiger partial charge is 0.397 e. The van der Waals surface area contributed by atoms with Gasteiger partial charge < -0.3 is 11.1 Å². The van der Waals surface area contributed by atoms with Gasteiger partial charge in [-0.3, -0.25) is 0 Å². The van der Waals surface area contributed by atoms with Gasteiger partial charge in [0.25, 0.3) is 6.43 Å². The standard InChI is InChI=1S/C17H16F3N5/c1-8(11-4-3-5-12(14(11)18)15(19)20)23-17-13-6-10(21)7-22-16(13)24-9(2)25-17/h3-8,15H,21H2,1-2H3,(H,22,23,24,25)/t8-/m1/s1. The summed E-state index contributed by atoms with van der Waals surface area (Å²) in [6.07, 6.45) is -1.40. The van der Waals surface area contributed by atoms with Crippen molar-refractivity contribution in [3.8, 4) is 0 Å². The van der Waals surface area contributed by atoms with E-state index in [1.54, 1.807) is 19.9 Å². The summed E-state index contributed by atoms with van der Waals surface area (Å²) >= 11 is 0. The van der Waals surface area contributed by atoms with Gasteiger partial charge >= 0.3 is 0 Å². The fraction of sp³-hybridized carbons (Fsp3) is 0.235. The zero-order valence-corrected chi connectivity index (χ0v) is 13.6. The number of nitrogens with one attached hydrogen (secondary N) is 1. The lowest BCUT2D eigenvalue weighted by atomic mass is 10.0. The van der Waals surface area contributed by atoms with Crippen molar-refractivity contribution in [1.82, 2.24) is 15.0 Å². The molecule has 5 nitrogen and oxygen atoms in total. The van der Waals surface area contributed by atoms with Crippen LogP contribution in [0, 0.1) is 12.7 Å². The third-order valence-corrected chi connectivity index (χ3v) is 3.80. The van der Waals surface area contributed by atoms with E-state index in [0.717, 1.165) is 6.07 Å². The summed E-state index contributed by atoms with van der Waals surface area (Å²) in [5, 5.41) is 3.62. The first-order valence-corrected chi connectivity index (χ1v) is 7.59. The molecule has 3 rings (SSSR count). The highest BCUT2D eigenvalue weighted by atomic mass is 19.3. The maximum atomic E-state index is 14.3. The number of aryl methyl sites for hydroxylation is 1. The summed E-state index contributed by atoms with van der Waals surface area (Å²) in [5.74, 6) is -0.0388. The van der Waals surface area contributed by atoms with Gasteiger partial charge in [-0.05, 0) is 19.9 Å². The van der Waals surface area contributed by atoms with E-state index >= 15 is 0 Å². The summed E-state index contributed by atoms with van der Waals surface area (Å²) < 4.78 is 40.1. The van der Waals surface area contributed by atoms with Crippen molar-refractivity contribution in [2.24, 2.45) is 0 Å². The van der Waals surface area contributed by atoms with Gasteiger partial charge in [-0.25, -0.2) is 28.1 Å². The lowest BCUT2D eigenvalue weighted by Crippen LogP contribution is -2.12. The van der Waals surface area contributed by atoms with Crippen LogP contribution in [0.1, 0.15) is 36.3 Å². The molecule has 0 saturated heterocycles. The summed E-state index contributed by atoms with van der Waals surface area (Å²) in [4.78, 5) is 12.7. The molecule has 0 bridgehead atoms. The van der Waals surface area contributed by atoms with Crippen molar-refractivity contribution in [3.05, 3.63) is 53.2 Å². The Balaban J connectivity index is 2.02. The molecular formula is C17H16F3N5. The molecule has 0 aliphatic heterocycles. The number of halogens is 3. The van der Waals surface area contributed by atoms with Crippen LogP contribution in [0.4, 0.5) is 24.7 Å². The highest BCUT2D eigenvalue weighted by molar-refractivity contribution is 5.88. The molecule has 0 spiro atoms. The van der Waals surface area contributed by atoms with E-state index < -0.39 is 23.8 Å². The number of nitrogens with two attached hydrogens (primary N) is 1. The minimum absolute atomic E-state index is 0.124. The molecule has 130 valence electrons. The molecule has 3 aromatic rings. The number of pyridine rings is 1. The van der Waals surface area contributed by atoms with E-state index in [2.05, 4.69) is 20.3 Å². The van der Waals surface area contributed by atoms with Gasteiger partial charge in [0.15, 0.2) is 5.65 Å². The topological polar surface area (TPSA) is 76.7 Å². The lowest BCUT2D eigenvalue weighted by Gasteiger charge is -2.18. The van der Waals surface area contributed by atoms with Crippen LogP contribution >= 0.6 is 0 Å². The van der Waals surface area contributed by atoms with Gasteiger partial charge in [0.2, 0.25) is 0 Å². The Morgan fingerprint density at radius 2 is 1.88 bits per heavy atom. The normalized spacial score (nSPS) is 12.6. The van der Waals surface area contributed by atoms with Crippen LogP contribution < -0.4 is 11.1 Å². The Kier molecular flexibility index (Phi) is 4.43. The van der Waals surface area contributed by atoms with Crippen LogP contribution in [0.15, 0.2) is 30.5 Å². The number of alkyl halides is 2. The zero-order valence-electron chi connectivity index (χ0n) is 13.6. The van der Waals surface area contributed by atoms with E-state index in [0.29, 0.717) is 28.4 Å². The molecule has 2 aromatic heterocycles. The number of hydrogen-bond donors (Lipinski definition) is 2. The number of nitrogens with zero attached hydrogens (tertiary/aromatic N) is 3. The highest BCUT2D eigenvalue weighted by Gasteiger charge is 2.20. The highest BCUT2D eigenvalue weighted by Crippen LogP contribution is 2.30. The number of benzene rings is 1. The second-order valence-corrected chi connectivity index (χ2v) is 5.68. The predicted octanol–water partition coefficient (Wildman–Crippen LogP) is 4.17. The van der Waals surface area contributed by atoms with Crippen molar-refractivity contribution >= 4 is 22.5 Å². The third-order valence-electron chi connectivity index (χ3n) is 3.80. The van der Waals surface area contributed by atoms with Crippen LogP contribution in [-0.2, 0) is 0 Å². The first-order valence-electron chi connectivity index (χ1n) is 7.59. The van der Waals surface area contributed by atoms with Crippen molar-refractivity contribution < 1.29 is 13.2 Å². The Morgan fingerprint density at radius 1 is 1.16 bits per heavy atom. The zero-order chi connectivity index (χ0) is 18.1. The Morgan fingerprint density at radius 3 is 2.60 bits per heavy atom. The molecule has 0 radical (unpaired) electrons. The predicted molar refractivity (Wildman–Crippen MR) is 89.9 cm³/mol. The van der Waals surface area contributed by atoms with E-state index in [9.17, 15) is 13.2 Å². The maximum absolute atomic E-state index is 14.3. The molecule has 3 N–H and O–H groups in total. The molecule has 1 aromatic carbocycles. The quantitative estimate of drug-likeness (QED) is 0.741. The van der Waals surface area contributed by atoms with Crippen molar-refractivity contribution in [3.63, 3.8) is 0 Å². The Labute approximate surface area is 142 Å². The number of fused-ring (bicyclic) bond motifs is 1. The molecule has 0 unspecified atom stereocenters. The number of anilines is 2.